The second kappa shape index (κ2) is 4.85. The van der Waals surface area contributed by atoms with Gasteiger partial charge in [-0.2, -0.15) is 0 Å². The topological polar surface area (TPSA) is 55.2 Å². The van der Waals surface area contributed by atoms with Crippen LogP contribution >= 0.6 is 11.9 Å². The lowest BCUT2D eigenvalue weighted by Crippen LogP contribution is -1.95. The Morgan fingerprint density at radius 2 is 2.21 bits per heavy atom. The van der Waals surface area contributed by atoms with Crippen molar-refractivity contribution in [3.63, 3.8) is 0 Å². The summed E-state index contributed by atoms with van der Waals surface area (Å²) in [5.74, 6) is 0. The molecule has 0 aliphatic carbocycles. The van der Waals surface area contributed by atoms with Gasteiger partial charge in [0, 0.05) is 17.4 Å². The summed E-state index contributed by atoms with van der Waals surface area (Å²) in [5.41, 5.74) is 0.872. The van der Waals surface area contributed by atoms with E-state index in [0.717, 1.165) is 5.69 Å². The quantitative estimate of drug-likeness (QED) is 0.473. The summed E-state index contributed by atoms with van der Waals surface area (Å²) in [6, 6.07) is 6.48. The molecule has 0 saturated heterocycles. The first-order valence-electron chi connectivity index (χ1n) is 4.25. The fourth-order valence-corrected chi connectivity index (χ4v) is 1.37. The van der Waals surface area contributed by atoms with E-state index in [1.165, 1.54) is 24.1 Å². The Labute approximate surface area is 87.0 Å². The van der Waals surface area contributed by atoms with Gasteiger partial charge >= 0.3 is 0 Å². The molecule has 1 rings (SSSR count). The summed E-state index contributed by atoms with van der Waals surface area (Å²) in [6.45, 7) is 4.10. The van der Waals surface area contributed by atoms with Crippen molar-refractivity contribution in [3.8, 4) is 0 Å². The Morgan fingerprint density at radius 1 is 1.50 bits per heavy atom. The molecule has 5 heteroatoms. The molecule has 0 fully saturated rings. The Morgan fingerprint density at radius 3 is 2.79 bits per heavy atom. The minimum atomic E-state index is -0.398. The zero-order valence-corrected chi connectivity index (χ0v) is 8.88. The second-order valence-corrected chi connectivity index (χ2v) is 4.46. The molecule has 0 atom stereocenters. The van der Waals surface area contributed by atoms with E-state index in [1.807, 2.05) is 6.07 Å². The fourth-order valence-electron chi connectivity index (χ4n) is 0.869. The minimum absolute atomic E-state index is 0.111. The monoisotopic (exact) mass is 212 g/mol. The lowest BCUT2D eigenvalue weighted by Gasteiger charge is -2.06. The average molecular weight is 212 g/mol. The summed E-state index contributed by atoms with van der Waals surface area (Å²) in [4.78, 5) is 10.1. The van der Waals surface area contributed by atoms with Gasteiger partial charge in [0.05, 0.1) is 10.6 Å². The van der Waals surface area contributed by atoms with Crippen LogP contribution in [0.2, 0.25) is 0 Å². The average Bonchev–Trinajstić information content (AvgIpc) is 2.15. The highest BCUT2D eigenvalue weighted by Crippen LogP contribution is 2.21. The van der Waals surface area contributed by atoms with Crippen molar-refractivity contribution in [3.05, 3.63) is 34.4 Å². The van der Waals surface area contributed by atoms with Crippen molar-refractivity contribution in [2.24, 2.45) is 0 Å². The number of benzene rings is 1. The van der Waals surface area contributed by atoms with Crippen molar-refractivity contribution in [2.75, 3.05) is 4.72 Å². The molecule has 0 aliphatic heterocycles. The van der Waals surface area contributed by atoms with Gasteiger partial charge in [-0.3, -0.25) is 10.1 Å². The van der Waals surface area contributed by atoms with E-state index >= 15 is 0 Å². The highest BCUT2D eigenvalue weighted by molar-refractivity contribution is 8.01. The lowest BCUT2D eigenvalue weighted by molar-refractivity contribution is -0.384. The number of nitro groups is 1. The van der Waals surface area contributed by atoms with Crippen LogP contribution in [-0.4, -0.2) is 10.2 Å². The summed E-state index contributed by atoms with van der Waals surface area (Å²) < 4.78 is 3.05. The molecule has 0 bridgehead atoms. The molecular formula is C9H12N2O2S. The van der Waals surface area contributed by atoms with Gasteiger partial charge in [-0.15, -0.1) is 0 Å². The number of non-ortho nitro benzene ring substituents is 1. The Balaban J connectivity index is 2.69. The molecular weight excluding hydrogens is 200 g/mol. The van der Waals surface area contributed by atoms with Crippen LogP contribution < -0.4 is 4.72 Å². The van der Waals surface area contributed by atoms with Crippen LogP contribution in [0.5, 0.6) is 0 Å². The zero-order chi connectivity index (χ0) is 10.6. The molecule has 14 heavy (non-hydrogen) atoms. The number of hydrogen-bond donors (Lipinski definition) is 1. The Hall–Kier alpha value is -1.23. The van der Waals surface area contributed by atoms with Gasteiger partial charge in [-0.25, -0.2) is 0 Å². The van der Waals surface area contributed by atoms with Gasteiger partial charge in [0.1, 0.15) is 0 Å². The maximum atomic E-state index is 10.5. The highest BCUT2D eigenvalue weighted by atomic mass is 32.2. The molecule has 0 heterocycles. The molecule has 1 N–H and O–H groups in total. The fraction of sp³-hybridized carbons (Fsp3) is 0.333. The summed E-state index contributed by atoms with van der Waals surface area (Å²) in [5, 5.41) is 10.9. The number of nitrogens with zero attached hydrogens (tertiary/aromatic N) is 1. The number of anilines is 1. The van der Waals surface area contributed by atoms with Crippen LogP contribution in [0, 0.1) is 10.1 Å². The van der Waals surface area contributed by atoms with Gasteiger partial charge < -0.3 is 4.72 Å². The molecule has 1 aromatic carbocycles. The summed E-state index contributed by atoms with van der Waals surface area (Å²) >= 11 is 1.53. The minimum Gasteiger partial charge on any atom is -0.329 e. The van der Waals surface area contributed by atoms with Crippen molar-refractivity contribution in [1.82, 2.24) is 0 Å². The van der Waals surface area contributed by atoms with Crippen LogP contribution in [0.15, 0.2) is 24.3 Å². The molecule has 0 saturated carbocycles. The van der Waals surface area contributed by atoms with E-state index in [-0.39, 0.29) is 5.69 Å². The zero-order valence-electron chi connectivity index (χ0n) is 8.06. The van der Waals surface area contributed by atoms with Crippen LogP contribution in [-0.2, 0) is 0 Å². The van der Waals surface area contributed by atoms with E-state index in [0.29, 0.717) is 5.25 Å². The number of rotatable bonds is 4. The Kier molecular flexibility index (Phi) is 3.76. The molecule has 0 aromatic heterocycles. The molecule has 1 aromatic rings. The van der Waals surface area contributed by atoms with Gasteiger partial charge in [-0.1, -0.05) is 19.9 Å². The third-order valence-electron chi connectivity index (χ3n) is 1.47. The first-order valence-corrected chi connectivity index (χ1v) is 5.13. The van der Waals surface area contributed by atoms with Crippen molar-refractivity contribution in [1.29, 1.82) is 0 Å². The first kappa shape index (κ1) is 10.8. The van der Waals surface area contributed by atoms with E-state index in [1.54, 1.807) is 6.07 Å². The third-order valence-corrected chi connectivity index (χ3v) is 2.29. The maximum Gasteiger partial charge on any atom is 0.271 e. The van der Waals surface area contributed by atoms with Crippen molar-refractivity contribution in [2.45, 2.75) is 19.1 Å². The van der Waals surface area contributed by atoms with Crippen LogP contribution in [0.4, 0.5) is 11.4 Å². The van der Waals surface area contributed by atoms with E-state index < -0.39 is 4.92 Å². The highest BCUT2D eigenvalue weighted by Gasteiger charge is 2.05. The van der Waals surface area contributed by atoms with E-state index in [9.17, 15) is 10.1 Å². The van der Waals surface area contributed by atoms with E-state index in [4.69, 9.17) is 0 Å². The number of nitro benzene ring substituents is 1. The second-order valence-electron chi connectivity index (χ2n) is 3.08. The van der Waals surface area contributed by atoms with Gasteiger partial charge in [-0.05, 0) is 18.0 Å². The molecule has 0 spiro atoms. The number of nitrogens with one attached hydrogen (secondary N) is 1. The van der Waals surface area contributed by atoms with Crippen molar-refractivity contribution >= 4 is 23.3 Å². The van der Waals surface area contributed by atoms with Crippen LogP contribution in [0.25, 0.3) is 0 Å². The normalized spacial score (nSPS) is 10.2. The Bertz CT molecular complexity index is 328. The van der Waals surface area contributed by atoms with Gasteiger partial charge in [0.25, 0.3) is 5.69 Å². The third kappa shape index (κ3) is 3.26. The predicted molar refractivity (Wildman–Crippen MR) is 59.4 cm³/mol. The molecule has 0 unspecified atom stereocenters. The molecule has 76 valence electrons. The lowest BCUT2D eigenvalue weighted by atomic mass is 10.3. The molecule has 0 amide bonds. The molecule has 4 nitrogen and oxygen atoms in total. The van der Waals surface area contributed by atoms with Crippen molar-refractivity contribution < 1.29 is 4.92 Å². The molecule has 0 aliphatic rings. The van der Waals surface area contributed by atoms with Gasteiger partial charge in [0.2, 0.25) is 0 Å². The van der Waals surface area contributed by atoms with Crippen LogP contribution in [0.1, 0.15) is 13.8 Å². The SMILES string of the molecule is CC(C)SNc1cccc([N+](=O)[O-])c1. The van der Waals surface area contributed by atoms with Crippen LogP contribution in [0.3, 0.4) is 0 Å². The smallest absolute Gasteiger partial charge is 0.271 e. The maximum absolute atomic E-state index is 10.5. The molecule has 0 radical (unpaired) electrons. The largest absolute Gasteiger partial charge is 0.329 e. The van der Waals surface area contributed by atoms with E-state index in [2.05, 4.69) is 18.6 Å². The first-order chi connectivity index (χ1) is 6.59. The predicted octanol–water partition coefficient (Wildman–Crippen LogP) is 3.06. The number of hydrogen-bond acceptors (Lipinski definition) is 4. The summed E-state index contributed by atoms with van der Waals surface area (Å²) in [6.07, 6.45) is 0. The van der Waals surface area contributed by atoms with Gasteiger partial charge in [0.15, 0.2) is 0 Å². The standard InChI is InChI=1S/C9H12N2O2S/c1-7(2)14-10-8-4-3-5-9(6-8)11(12)13/h3-7,10H,1-2H3. The summed E-state index contributed by atoms with van der Waals surface area (Å²) in [7, 11) is 0.